The summed E-state index contributed by atoms with van der Waals surface area (Å²) in [4.78, 5) is 303. The lowest BCUT2D eigenvalue weighted by Gasteiger charge is -2.29. The molecule has 17 atom stereocenters. The van der Waals surface area contributed by atoms with Gasteiger partial charge in [-0.1, -0.05) is 32.0 Å². The fourth-order valence-electron chi connectivity index (χ4n) is 14.7. The molecule has 144 heavy (non-hydrogen) atoms. The third-order valence-corrected chi connectivity index (χ3v) is 22.4. The van der Waals surface area contributed by atoms with Crippen LogP contribution >= 0.6 is 0 Å². The van der Waals surface area contributed by atoms with Crippen LogP contribution in [0.25, 0.3) is 10.9 Å². The van der Waals surface area contributed by atoms with Crippen LogP contribution in [0.1, 0.15) is 181 Å². The van der Waals surface area contributed by atoms with Crippen LogP contribution in [0.15, 0.2) is 30.5 Å². The first-order chi connectivity index (χ1) is 67.9. The monoisotopic (exact) mass is 2040 g/mol. The van der Waals surface area contributed by atoms with E-state index in [1.54, 1.807) is 38.1 Å². The van der Waals surface area contributed by atoms with E-state index in [0.717, 1.165) is 11.8 Å². The molecule has 1 aliphatic heterocycles. The maximum atomic E-state index is 14.8. The topological polar surface area (TPSA) is 962 Å². The number of aromatic amines is 1. The number of aliphatic hydroxyl groups excluding tert-OH is 2. The SMILES string of the molecule is CC(C)C[C@H](NC(=O)[C@H](CCCCN)NC(=O)[C@H](CCCCN)NC(=O)[C@H](CCC(=O)O)NC(=O)CNC(=O)[C@H](CCC(=O)O)NC(=O)[C@H](C)N)C(=O)N[C@@H](CCCNC(=N)N)C(=O)N[C@@H](CCCNC(=N)N)C(=O)N[C@@H](CO)C(=O)N[C@H](C(=O)N[C@@H](CC(N)=O)C(=O)N[C@@H](Cc1c[nH]c2ccccc12)C(=O)NCC(=O)N[C@@H](CC(=O)O)C(=O)N1CCC[C@H]1C(=O)N[C@@H](C)C(=O)N[C@@H](CCCCN)C(=O)O)[C@@H](C)O. The number of amides is 18. The van der Waals surface area contributed by atoms with Crippen molar-refractivity contribution >= 4 is 153 Å². The molecule has 804 valence electrons. The first kappa shape index (κ1) is 124. The molecule has 1 aliphatic rings. The molecular weight excluding hydrogens is 1900 g/mol. The average molecular weight is 2040 g/mol. The largest absolute Gasteiger partial charge is 0.481 e. The van der Waals surface area contributed by atoms with Crippen LogP contribution in [0.3, 0.4) is 0 Å². The average Bonchev–Trinajstić information content (AvgIpc) is 1.67. The lowest BCUT2D eigenvalue weighted by atomic mass is 10.00. The Morgan fingerprint density at radius 1 is 0.431 bits per heavy atom. The van der Waals surface area contributed by atoms with Gasteiger partial charge in [-0.05, 0) is 174 Å². The Morgan fingerprint density at radius 3 is 1.28 bits per heavy atom. The van der Waals surface area contributed by atoms with Gasteiger partial charge in [0.15, 0.2) is 11.9 Å². The number of guanidine groups is 2. The van der Waals surface area contributed by atoms with Crippen molar-refractivity contribution in [3.63, 3.8) is 0 Å². The number of aliphatic carboxylic acids is 4. The molecule has 0 spiro atoms. The fraction of sp³-hybridized carbons (Fsp3) is 0.632. The maximum Gasteiger partial charge on any atom is 0.326 e. The number of H-pyrrole nitrogens is 1. The summed E-state index contributed by atoms with van der Waals surface area (Å²) in [6.45, 7) is 3.75. The molecule has 0 unspecified atom stereocenters. The summed E-state index contributed by atoms with van der Waals surface area (Å²) in [6, 6.07) is -19.8. The fourth-order valence-corrected chi connectivity index (χ4v) is 14.7. The molecule has 0 bridgehead atoms. The van der Waals surface area contributed by atoms with E-state index >= 15 is 0 Å². The lowest BCUT2D eigenvalue weighted by Crippen LogP contribution is -2.62. The minimum absolute atomic E-state index is 0.0110. The lowest BCUT2D eigenvalue weighted by molar-refractivity contribution is -0.146. The van der Waals surface area contributed by atoms with Crippen LogP contribution in [-0.4, -0.2) is 344 Å². The molecule has 2 heterocycles. The van der Waals surface area contributed by atoms with Gasteiger partial charge >= 0.3 is 23.9 Å². The molecule has 3 rings (SSSR count). The molecule has 57 heteroatoms. The number of rotatable bonds is 70. The molecule has 1 saturated heterocycles. The van der Waals surface area contributed by atoms with E-state index in [9.17, 15) is 136 Å². The number of fused-ring (bicyclic) bond motifs is 1. The van der Waals surface area contributed by atoms with Crippen LogP contribution < -0.4 is 136 Å². The van der Waals surface area contributed by atoms with Crippen molar-refractivity contribution in [1.29, 1.82) is 10.8 Å². The summed E-state index contributed by atoms with van der Waals surface area (Å²) in [7, 11) is 0. The number of carbonyl (C=O) groups is 22. The van der Waals surface area contributed by atoms with Gasteiger partial charge in [-0.15, -0.1) is 0 Å². The van der Waals surface area contributed by atoms with Crippen molar-refractivity contribution in [2.45, 2.75) is 285 Å². The number of carboxylic acid groups (broad SMARTS) is 4. The van der Waals surface area contributed by atoms with Crippen LogP contribution in [0.4, 0.5) is 0 Å². The van der Waals surface area contributed by atoms with Gasteiger partial charge in [0.1, 0.15) is 90.6 Å². The second-order valence-corrected chi connectivity index (χ2v) is 34.9. The molecule has 1 aromatic heterocycles. The summed E-state index contributed by atoms with van der Waals surface area (Å²) in [6.07, 6.45) is -4.78. The van der Waals surface area contributed by atoms with E-state index in [1.807, 2.05) is 0 Å². The number of aromatic nitrogens is 1. The Balaban J connectivity index is 1.97. The zero-order valence-electron chi connectivity index (χ0n) is 81.1. The first-order valence-corrected chi connectivity index (χ1v) is 47.1. The third-order valence-electron chi connectivity index (χ3n) is 22.4. The Bertz CT molecular complexity index is 4750. The number of para-hydroxylation sites is 1. The summed E-state index contributed by atoms with van der Waals surface area (Å²) in [5, 5.41) is 119. The molecule has 1 fully saturated rings. The number of nitrogens with one attached hydrogen (secondary N) is 21. The van der Waals surface area contributed by atoms with Gasteiger partial charge in [-0.2, -0.15) is 0 Å². The Hall–Kier alpha value is -14.6. The second kappa shape index (κ2) is 64.8. The molecule has 0 radical (unpaired) electrons. The highest BCUT2D eigenvalue weighted by Gasteiger charge is 2.43. The van der Waals surface area contributed by atoms with Gasteiger partial charge in [0, 0.05) is 56.0 Å². The maximum absolute atomic E-state index is 14.8. The van der Waals surface area contributed by atoms with Crippen LogP contribution in [0.5, 0.6) is 0 Å². The molecule has 1 aromatic carbocycles. The van der Waals surface area contributed by atoms with Gasteiger partial charge in [0.25, 0.3) is 0 Å². The summed E-state index contributed by atoms with van der Waals surface area (Å²) in [5.74, 6) is -27.2. The number of carbonyl (C=O) groups excluding carboxylic acids is 18. The summed E-state index contributed by atoms with van der Waals surface area (Å²) >= 11 is 0. The number of carboxylic acids is 4. The molecule has 0 saturated carbocycles. The van der Waals surface area contributed by atoms with E-state index in [2.05, 4.69) is 101 Å². The molecular formula is C87H143N29O28. The zero-order chi connectivity index (χ0) is 108. The van der Waals surface area contributed by atoms with Gasteiger partial charge in [-0.25, -0.2) is 4.79 Å². The van der Waals surface area contributed by atoms with Gasteiger partial charge in [0.2, 0.25) is 106 Å². The van der Waals surface area contributed by atoms with Crippen molar-refractivity contribution in [2.75, 3.05) is 59.0 Å². The Labute approximate surface area is 828 Å². The van der Waals surface area contributed by atoms with Crippen molar-refractivity contribution < 1.29 is 136 Å². The zero-order valence-corrected chi connectivity index (χ0v) is 81.1. The van der Waals surface area contributed by atoms with Gasteiger partial charge < -0.3 is 176 Å². The van der Waals surface area contributed by atoms with Crippen LogP contribution in [-0.2, 0) is 112 Å². The molecule has 0 aliphatic carbocycles. The third kappa shape index (κ3) is 46.0. The number of aliphatic hydroxyl groups is 2. The van der Waals surface area contributed by atoms with Gasteiger partial charge in [0.05, 0.1) is 44.7 Å². The molecule has 57 nitrogen and oxygen atoms in total. The predicted octanol–water partition coefficient (Wildman–Crippen LogP) is -11.4. The van der Waals surface area contributed by atoms with Crippen molar-refractivity contribution in [2.24, 2.45) is 46.1 Å². The first-order valence-electron chi connectivity index (χ1n) is 47.1. The van der Waals surface area contributed by atoms with Crippen molar-refractivity contribution in [3.05, 3.63) is 36.0 Å². The molecule has 18 amide bonds. The summed E-state index contributed by atoms with van der Waals surface area (Å²) in [5.41, 5.74) is 40.3. The van der Waals surface area contributed by atoms with Crippen molar-refractivity contribution in [1.82, 2.24) is 106 Å². The molecule has 41 N–H and O–H groups in total. The van der Waals surface area contributed by atoms with Crippen molar-refractivity contribution in [3.8, 4) is 0 Å². The minimum atomic E-state index is -2.17. The number of likely N-dealkylation sites (tertiary alicyclic amines) is 1. The highest BCUT2D eigenvalue weighted by Crippen LogP contribution is 2.23. The van der Waals surface area contributed by atoms with Crippen LogP contribution in [0.2, 0.25) is 0 Å². The van der Waals surface area contributed by atoms with E-state index < -0.39 is 315 Å². The van der Waals surface area contributed by atoms with Gasteiger partial charge in [-0.3, -0.25) is 112 Å². The number of hydrogen-bond acceptors (Lipinski definition) is 30. The van der Waals surface area contributed by atoms with E-state index in [1.165, 1.54) is 20.0 Å². The Morgan fingerprint density at radius 2 is 0.833 bits per heavy atom. The molecule has 2 aromatic rings. The van der Waals surface area contributed by atoms with E-state index in [0.29, 0.717) is 29.3 Å². The van der Waals surface area contributed by atoms with E-state index in [4.69, 9.17) is 51.0 Å². The number of benzene rings is 1. The number of primary amides is 1. The highest BCUT2D eigenvalue weighted by atomic mass is 16.4. The van der Waals surface area contributed by atoms with E-state index in [-0.39, 0.29) is 129 Å². The number of nitrogens with two attached hydrogens (primary N) is 7. The number of hydrogen-bond donors (Lipinski definition) is 34. The Kier molecular flexibility index (Phi) is 55.6. The minimum Gasteiger partial charge on any atom is -0.481 e. The standard InChI is InChI=1S/C87H143N29O28/c1-43(2)35-57(111-76(134)51(20-9-12-30-89)106-74(132)50(19-8-11-29-88)107-78(136)55(26-28-67(124)125)103-64(120)40-100-72(130)54(25-27-66(122)123)105-70(128)44(3)91)79(137)109-52(22-14-32-97-86(93)94)75(133)108-53(23-15-33-98-87(95)96)77(135)114-61(42-117)81(139)115-69(46(5)118)83(141)113-59(37-63(92)119)80(138)112-58(36-47-39-99-49-18-7-6-17-48(47)49)73(131)101-41-65(121)104-60(38-68(126)127)84(142)116-34-16-24-62(116)82(140)102-45(4)71(129)110-56(85(143)144)21-10-13-31-90/h6-7,17-18,39,43-46,50-62,69,99,117-118H,8-16,19-38,40-42,88-91H2,1-5H3,(H2,92,119)(H,100,130)(H,101,131)(H,102,140)(H,103,120)(H,104,121)(H,105,128)(H,106,132)(H,107,136)(H,108,133)(H,109,137)(H,110,129)(H,111,134)(H,112,138)(H,113,141)(H,114,135)(H,115,139)(H,122,123)(H,124,125)(H,126,127)(H,143,144)(H4,93,94,97)(H4,95,96,98)/t44-,45-,46+,50-,51-,52-,53-,54-,55-,56-,57-,58-,59-,60-,61-,62-,69-/m0/s1. The quantitative estimate of drug-likeness (QED) is 0.0166. The highest BCUT2D eigenvalue weighted by molar-refractivity contribution is 6.03. The second-order valence-electron chi connectivity index (χ2n) is 34.9. The number of nitrogens with zero attached hydrogens (tertiary/aromatic N) is 1. The summed E-state index contributed by atoms with van der Waals surface area (Å²) < 4.78 is 0. The predicted molar refractivity (Wildman–Crippen MR) is 512 cm³/mol. The van der Waals surface area contributed by atoms with Crippen LogP contribution in [0, 0.1) is 16.7 Å². The number of unbranched alkanes of at least 4 members (excludes halogenated alkanes) is 3. The smallest absolute Gasteiger partial charge is 0.326 e. The normalized spacial score (nSPS) is 15.5.